The smallest absolute Gasteiger partial charge is 0.337 e. The number of methoxy groups -OCH3 is 1. The summed E-state index contributed by atoms with van der Waals surface area (Å²) in [7, 11) is 1.18. The number of carbonyl (C=O) groups is 1. The van der Waals surface area contributed by atoms with Gasteiger partial charge in [0.25, 0.3) is 0 Å². The third-order valence-corrected chi connectivity index (χ3v) is 3.38. The molecule has 1 rings (SSSR count). The second-order valence-electron chi connectivity index (χ2n) is 4.97. The molecule has 0 aliphatic heterocycles. The van der Waals surface area contributed by atoms with E-state index in [1.165, 1.54) is 31.9 Å². The minimum atomic E-state index is -1.55. The average Bonchev–Trinajstić information content (AvgIpc) is 2.50. The molecule has 0 saturated carbocycles. The summed E-state index contributed by atoms with van der Waals surface area (Å²) in [6.07, 6.45) is 3.06. The summed E-state index contributed by atoms with van der Waals surface area (Å²) in [5.74, 6) is -0.832. The molecule has 20 heavy (non-hydrogen) atoms. The van der Waals surface area contributed by atoms with Crippen molar-refractivity contribution < 1.29 is 19.7 Å². The monoisotopic (exact) mass is 280 g/mol. The van der Waals surface area contributed by atoms with Crippen molar-refractivity contribution in [3.8, 4) is 0 Å². The van der Waals surface area contributed by atoms with E-state index in [0.29, 0.717) is 5.56 Å². The fraction of sp³-hybridized carbons (Fsp3) is 0.562. The average molecular weight is 280 g/mol. The third kappa shape index (κ3) is 4.94. The Labute approximate surface area is 120 Å². The highest BCUT2D eigenvalue weighted by molar-refractivity contribution is 5.75. The summed E-state index contributed by atoms with van der Waals surface area (Å²) in [5.41, 5.74) is 1.71. The van der Waals surface area contributed by atoms with Gasteiger partial charge in [0, 0.05) is 0 Å². The van der Waals surface area contributed by atoms with E-state index in [1.54, 1.807) is 12.1 Å². The van der Waals surface area contributed by atoms with Gasteiger partial charge < -0.3 is 14.9 Å². The molecule has 4 heteroatoms. The summed E-state index contributed by atoms with van der Waals surface area (Å²) < 4.78 is 4.41. The molecule has 0 amide bonds. The van der Waals surface area contributed by atoms with Crippen LogP contribution in [0.3, 0.4) is 0 Å². The van der Waals surface area contributed by atoms with Gasteiger partial charge in [-0.2, -0.15) is 0 Å². The Morgan fingerprint density at radius 1 is 1.15 bits per heavy atom. The number of hydrogen-bond acceptors (Lipinski definition) is 4. The fourth-order valence-electron chi connectivity index (χ4n) is 2.07. The van der Waals surface area contributed by atoms with E-state index in [-0.39, 0.29) is 0 Å². The van der Waals surface area contributed by atoms with Crippen LogP contribution in [-0.4, -0.2) is 29.4 Å². The first-order chi connectivity index (χ1) is 9.60. The zero-order chi connectivity index (χ0) is 15.0. The van der Waals surface area contributed by atoms with Crippen LogP contribution in [0.1, 0.15) is 49.8 Å². The largest absolute Gasteiger partial charge is 0.467 e. The standard InChI is InChI=1S/C16H24O4/c1-3-4-5-6-7-12-8-10-13(11-9-12)14(17)15(18)16(19)20-2/h8-11,14-15,17-18H,3-7H2,1-2H3. The van der Waals surface area contributed by atoms with E-state index in [4.69, 9.17) is 0 Å². The predicted octanol–water partition coefficient (Wildman–Crippen LogP) is 2.38. The van der Waals surface area contributed by atoms with Crippen molar-refractivity contribution in [1.82, 2.24) is 0 Å². The lowest BCUT2D eigenvalue weighted by atomic mass is 10.0. The molecule has 4 nitrogen and oxygen atoms in total. The summed E-state index contributed by atoms with van der Waals surface area (Å²) in [6, 6.07) is 7.33. The Morgan fingerprint density at radius 2 is 1.80 bits per heavy atom. The molecule has 0 spiro atoms. The maximum Gasteiger partial charge on any atom is 0.337 e. The van der Waals surface area contributed by atoms with Crippen molar-refractivity contribution in [2.45, 2.75) is 51.2 Å². The van der Waals surface area contributed by atoms with Crippen molar-refractivity contribution >= 4 is 5.97 Å². The molecule has 0 heterocycles. The Hall–Kier alpha value is -1.39. The highest BCUT2D eigenvalue weighted by Gasteiger charge is 2.26. The first-order valence-corrected chi connectivity index (χ1v) is 7.13. The normalized spacial score (nSPS) is 13.8. The van der Waals surface area contributed by atoms with Crippen LogP contribution in [0.2, 0.25) is 0 Å². The van der Waals surface area contributed by atoms with Crippen molar-refractivity contribution in [3.05, 3.63) is 35.4 Å². The van der Waals surface area contributed by atoms with Crippen molar-refractivity contribution in [2.24, 2.45) is 0 Å². The Kier molecular flexibility index (Phi) is 7.26. The van der Waals surface area contributed by atoms with Gasteiger partial charge in [-0.05, 0) is 24.0 Å². The molecular formula is C16H24O4. The van der Waals surface area contributed by atoms with Crippen LogP contribution in [0.4, 0.5) is 0 Å². The third-order valence-electron chi connectivity index (χ3n) is 3.38. The van der Waals surface area contributed by atoms with Crippen molar-refractivity contribution in [3.63, 3.8) is 0 Å². The number of rotatable bonds is 8. The number of aliphatic hydroxyl groups is 2. The van der Waals surface area contributed by atoms with Gasteiger partial charge in [0.1, 0.15) is 6.10 Å². The predicted molar refractivity (Wildman–Crippen MR) is 77.3 cm³/mol. The zero-order valence-electron chi connectivity index (χ0n) is 12.2. The lowest BCUT2D eigenvalue weighted by Gasteiger charge is -2.16. The molecule has 0 aliphatic carbocycles. The molecule has 0 aliphatic rings. The summed E-state index contributed by atoms with van der Waals surface area (Å²) in [5, 5.41) is 19.5. The molecule has 1 aromatic rings. The van der Waals surface area contributed by atoms with Gasteiger partial charge in [-0.25, -0.2) is 4.79 Å². The molecule has 0 fully saturated rings. The van der Waals surface area contributed by atoms with Gasteiger partial charge in [-0.1, -0.05) is 50.5 Å². The number of unbranched alkanes of at least 4 members (excludes halogenated alkanes) is 3. The Balaban J connectivity index is 2.55. The molecule has 0 radical (unpaired) electrons. The van der Waals surface area contributed by atoms with Crippen LogP contribution in [0, 0.1) is 0 Å². The maximum absolute atomic E-state index is 11.2. The number of carbonyl (C=O) groups excluding carboxylic acids is 1. The SMILES string of the molecule is CCCCCCc1ccc(C(O)C(O)C(=O)OC)cc1. The van der Waals surface area contributed by atoms with Gasteiger partial charge in [0.15, 0.2) is 6.10 Å². The van der Waals surface area contributed by atoms with Crippen molar-refractivity contribution in [2.75, 3.05) is 7.11 Å². The topological polar surface area (TPSA) is 66.8 Å². The van der Waals surface area contributed by atoms with E-state index in [9.17, 15) is 15.0 Å². The van der Waals surface area contributed by atoms with Crippen LogP contribution >= 0.6 is 0 Å². The number of benzene rings is 1. The lowest BCUT2D eigenvalue weighted by molar-refractivity contribution is -0.156. The number of hydrogen-bond donors (Lipinski definition) is 2. The Morgan fingerprint density at radius 3 is 2.35 bits per heavy atom. The van der Waals surface area contributed by atoms with E-state index in [2.05, 4.69) is 11.7 Å². The van der Waals surface area contributed by atoms with Crippen LogP contribution < -0.4 is 0 Å². The van der Waals surface area contributed by atoms with E-state index in [1.807, 2.05) is 12.1 Å². The lowest BCUT2D eigenvalue weighted by Crippen LogP contribution is -2.29. The van der Waals surface area contributed by atoms with Gasteiger partial charge in [-0.15, -0.1) is 0 Å². The van der Waals surface area contributed by atoms with Crippen molar-refractivity contribution in [1.29, 1.82) is 0 Å². The van der Waals surface area contributed by atoms with Crippen LogP contribution in [-0.2, 0) is 16.0 Å². The second kappa shape index (κ2) is 8.72. The molecular weight excluding hydrogens is 256 g/mol. The molecule has 2 N–H and O–H groups in total. The minimum absolute atomic E-state index is 0.514. The van der Waals surface area contributed by atoms with E-state index in [0.717, 1.165) is 12.8 Å². The van der Waals surface area contributed by atoms with E-state index < -0.39 is 18.2 Å². The fourth-order valence-corrected chi connectivity index (χ4v) is 2.07. The van der Waals surface area contributed by atoms with Gasteiger partial charge >= 0.3 is 5.97 Å². The van der Waals surface area contributed by atoms with Gasteiger partial charge in [0.2, 0.25) is 0 Å². The molecule has 2 unspecified atom stereocenters. The zero-order valence-corrected chi connectivity index (χ0v) is 12.2. The molecule has 0 aromatic heterocycles. The molecule has 0 saturated heterocycles. The highest BCUT2D eigenvalue weighted by atomic mass is 16.5. The summed E-state index contributed by atoms with van der Waals surface area (Å²) in [4.78, 5) is 11.2. The first kappa shape index (κ1) is 16.7. The number of ether oxygens (including phenoxy) is 1. The van der Waals surface area contributed by atoms with Crippen LogP contribution in [0.15, 0.2) is 24.3 Å². The Bertz CT molecular complexity index is 399. The van der Waals surface area contributed by atoms with Crippen LogP contribution in [0.25, 0.3) is 0 Å². The molecule has 1 aromatic carbocycles. The molecule has 112 valence electrons. The summed E-state index contributed by atoms with van der Waals surface area (Å²) in [6.45, 7) is 2.18. The van der Waals surface area contributed by atoms with Gasteiger partial charge in [0.05, 0.1) is 7.11 Å². The van der Waals surface area contributed by atoms with Gasteiger partial charge in [-0.3, -0.25) is 0 Å². The quantitative estimate of drug-likeness (QED) is 0.567. The number of aryl methyl sites for hydroxylation is 1. The highest BCUT2D eigenvalue weighted by Crippen LogP contribution is 2.19. The van der Waals surface area contributed by atoms with Crippen LogP contribution in [0.5, 0.6) is 0 Å². The number of aliphatic hydroxyl groups excluding tert-OH is 2. The van der Waals surface area contributed by atoms with E-state index >= 15 is 0 Å². The first-order valence-electron chi connectivity index (χ1n) is 7.13. The summed E-state index contributed by atoms with van der Waals surface area (Å²) >= 11 is 0. The molecule has 2 atom stereocenters. The number of esters is 1. The molecule has 0 bridgehead atoms. The minimum Gasteiger partial charge on any atom is -0.467 e. The second-order valence-corrected chi connectivity index (χ2v) is 4.97. The maximum atomic E-state index is 11.2.